The van der Waals surface area contributed by atoms with Gasteiger partial charge in [0, 0.05) is 12.6 Å². The van der Waals surface area contributed by atoms with Crippen molar-refractivity contribution in [3.8, 4) is 17.4 Å². The van der Waals surface area contributed by atoms with Crippen molar-refractivity contribution in [3.05, 3.63) is 35.9 Å². The van der Waals surface area contributed by atoms with Gasteiger partial charge in [-0.25, -0.2) is 0 Å². The van der Waals surface area contributed by atoms with E-state index in [0.717, 1.165) is 12.0 Å². The second-order valence-electron chi connectivity index (χ2n) is 6.65. The van der Waals surface area contributed by atoms with E-state index in [0.29, 0.717) is 36.3 Å². The summed E-state index contributed by atoms with van der Waals surface area (Å²) in [6, 6.07) is 9.24. The molecule has 29 heavy (non-hydrogen) atoms. The summed E-state index contributed by atoms with van der Waals surface area (Å²) in [7, 11) is 3.23. The molecule has 0 saturated heterocycles. The largest absolute Gasteiger partial charge is 0.493 e. The number of aliphatic hydroxyl groups is 1. The van der Waals surface area contributed by atoms with Crippen LogP contribution in [0.3, 0.4) is 0 Å². The molecule has 9 nitrogen and oxygen atoms in total. The first-order chi connectivity index (χ1) is 14.0. The van der Waals surface area contributed by atoms with Gasteiger partial charge in [-0.1, -0.05) is 6.07 Å². The van der Waals surface area contributed by atoms with E-state index in [4.69, 9.17) is 14.2 Å². The molecule has 1 aromatic heterocycles. The lowest BCUT2D eigenvalue weighted by Crippen LogP contribution is -2.32. The van der Waals surface area contributed by atoms with E-state index >= 15 is 0 Å². The summed E-state index contributed by atoms with van der Waals surface area (Å²) in [6.07, 6.45) is 0.133. The van der Waals surface area contributed by atoms with Gasteiger partial charge < -0.3 is 24.6 Å². The maximum atomic E-state index is 10.1. The molecule has 0 spiro atoms. The van der Waals surface area contributed by atoms with Gasteiger partial charge in [0.25, 0.3) is 0 Å². The number of benzene rings is 1. The lowest BCUT2D eigenvalue weighted by molar-refractivity contribution is 0.103. The van der Waals surface area contributed by atoms with Gasteiger partial charge in [-0.05, 0) is 50.6 Å². The fourth-order valence-electron chi connectivity index (χ4n) is 2.40. The van der Waals surface area contributed by atoms with Crippen molar-refractivity contribution in [3.63, 3.8) is 0 Å². The molecule has 1 aromatic carbocycles. The highest BCUT2D eigenvalue weighted by molar-refractivity contribution is 5.42. The Morgan fingerprint density at radius 3 is 2.52 bits per heavy atom. The van der Waals surface area contributed by atoms with Crippen molar-refractivity contribution in [2.45, 2.75) is 32.4 Å². The minimum atomic E-state index is -0.664. The minimum Gasteiger partial charge on any atom is -0.493 e. The Bertz CT molecular complexity index is 768. The molecule has 1 heterocycles. The molecule has 0 aliphatic carbocycles. The van der Waals surface area contributed by atoms with Gasteiger partial charge in [0.05, 0.1) is 20.3 Å². The number of hydrogen-bond acceptors (Lipinski definition) is 9. The highest BCUT2D eigenvalue weighted by atomic mass is 16.5. The van der Waals surface area contributed by atoms with Crippen LogP contribution in [0.1, 0.15) is 19.4 Å². The van der Waals surface area contributed by atoms with Crippen LogP contribution in [0.15, 0.2) is 40.6 Å². The van der Waals surface area contributed by atoms with Gasteiger partial charge in [0.15, 0.2) is 17.3 Å². The number of methoxy groups -OCH3 is 2. The molecule has 1 unspecified atom stereocenters. The van der Waals surface area contributed by atoms with Crippen molar-refractivity contribution < 1.29 is 19.3 Å². The van der Waals surface area contributed by atoms with Gasteiger partial charge in [-0.15, -0.1) is 15.3 Å². The third-order valence-electron chi connectivity index (χ3n) is 3.86. The predicted octanol–water partition coefficient (Wildman–Crippen LogP) is 2.56. The van der Waals surface area contributed by atoms with Crippen molar-refractivity contribution >= 4 is 5.82 Å². The highest BCUT2D eigenvalue weighted by Crippen LogP contribution is 2.27. The molecule has 2 aromatic rings. The number of azo groups is 1. The molecule has 158 valence electrons. The lowest BCUT2D eigenvalue weighted by Gasteiger charge is -2.13. The summed E-state index contributed by atoms with van der Waals surface area (Å²) in [6.45, 7) is 5.09. The number of aliphatic hydroxyl groups excluding tert-OH is 1. The number of nitrogens with zero attached hydrogens (tertiary/aromatic N) is 4. The fourth-order valence-corrected chi connectivity index (χ4v) is 2.40. The SMILES string of the molecule is COc1ccc(CCNCC(O)COc2ccc(N=NC(C)C)nn2)cc1OC. The summed E-state index contributed by atoms with van der Waals surface area (Å²) in [4.78, 5) is 0. The third kappa shape index (κ3) is 8.00. The molecule has 1 atom stereocenters. The van der Waals surface area contributed by atoms with E-state index < -0.39 is 6.10 Å². The quantitative estimate of drug-likeness (QED) is 0.414. The normalized spacial score (nSPS) is 12.3. The first kappa shape index (κ1) is 22.5. The molecule has 0 aliphatic heterocycles. The van der Waals surface area contributed by atoms with E-state index in [9.17, 15) is 5.11 Å². The standard InChI is InChI=1S/C20H29N5O4/c1-14(2)22-23-19-7-8-20(25-24-19)29-13-16(26)12-21-10-9-15-5-6-17(27-3)18(11-15)28-4/h5-8,11,14,16,21,26H,9-10,12-13H2,1-4H3. The first-order valence-corrected chi connectivity index (χ1v) is 9.49. The maximum absolute atomic E-state index is 10.1. The summed E-state index contributed by atoms with van der Waals surface area (Å²) in [5, 5.41) is 29.0. The van der Waals surface area contributed by atoms with Gasteiger partial charge in [0.1, 0.15) is 12.7 Å². The average Bonchev–Trinajstić information content (AvgIpc) is 2.74. The summed E-state index contributed by atoms with van der Waals surface area (Å²) < 4.78 is 16.0. The zero-order chi connectivity index (χ0) is 21.1. The Balaban J connectivity index is 1.68. The molecule has 2 N–H and O–H groups in total. The van der Waals surface area contributed by atoms with Crippen LogP contribution in [0.25, 0.3) is 0 Å². The number of nitrogens with one attached hydrogen (secondary N) is 1. The number of hydrogen-bond donors (Lipinski definition) is 2. The van der Waals surface area contributed by atoms with Gasteiger partial charge in [0.2, 0.25) is 5.88 Å². The molecule has 9 heteroatoms. The zero-order valence-electron chi connectivity index (χ0n) is 17.3. The van der Waals surface area contributed by atoms with Crippen molar-refractivity contribution in [2.24, 2.45) is 10.2 Å². The zero-order valence-corrected chi connectivity index (χ0v) is 17.3. The van der Waals surface area contributed by atoms with Crippen LogP contribution in [0.5, 0.6) is 17.4 Å². The Kier molecular flexibility index (Phi) is 9.26. The minimum absolute atomic E-state index is 0.0992. The maximum Gasteiger partial charge on any atom is 0.233 e. The lowest BCUT2D eigenvalue weighted by atomic mass is 10.1. The van der Waals surface area contributed by atoms with E-state index in [2.05, 4.69) is 25.7 Å². The van der Waals surface area contributed by atoms with Crippen molar-refractivity contribution in [2.75, 3.05) is 33.9 Å². The Morgan fingerprint density at radius 1 is 1.07 bits per heavy atom. The van der Waals surface area contributed by atoms with Crippen LogP contribution < -0.4 is 19.5 Å². The molecule has 2 rings (SSSR count). The van der Waals surface area contributed by atoms with Gasteiger partial charge in [-0.3, -0.25) is 0 Å². The van der Waals surface area contributed by atoms with E-state index in [1.807, 2.05) is 32.0 Å². The molecule has 0 aliphatic rings. The smallest absolute Gasteiger partial charge is 0.233 e. The molecular formula is C20H29N5O4. The third-order valence-corrected chi connectivity index (χ3v) is 3.86. The van der Waals surface area contributed by atoms with Crippen LogP contribution in [0.4, 0.5) is 5.82 Å². The second-order valence-corrected chi connectivity index (χ2v) is 6.65. The molecule has 0 fully saturated rings. The van der Waals surface area contributed by atoms with Crippen LogP contribution >= 0.6 is 0 Å². The van der Waals surface area contributed by atoms with Crippen LogP contribution in [-0.2, 0) is 6.42 Å². The fraction of sp³-hybridized carbons (Fsp3) is 0.500. The highest BCUT2D eigenvalue weighted by Gasteiger charge is 2.07. The number of ether oxygens (including phenoxy) is 3. The van der Waals surface area contributed by atoms with Crippen LogP contribution in [0, 0.1) is 0 Å². The molecule has 0 radical (unpaired) electrons. The Hall–Kier alpha value is -2.78. The van der Waals surface area contributed by atoms with E-state index in [1.165, 1.54) is 0 Å². The average molecular weight is 403 g/mol. The molecule has 0 bridgehead atoms. The van der Waals surface area contributed by atoms with Crippen molar-refractivity contribution in [1.82, 2.24) is 15.5 Å². The summed E-state index contributed by atoms with van der Waals surface area (Å²) in [5.74, 6) is 2.16. The molecule has 0 amide bonds. The van der Waals surface area contributed by atoms with Gasteiger partial charge in [-0.2, -0.15) is 5.11 Å². The number of rotatable bonds is 12. The number of aromatic nitrogens is 2. The summed E-state index contributed by atoms with van der Waals surface area (Å²) in [5.41, 5.74) is 1.12. The van der Waals surface area contributed by atoms with E-state index in [-0.39, 0.29) is 12.6 Å². The molecule has 0 saturated carbocycles. The molecular weight excluding hydrogens is 374 g/mol. The topological polar surface area (TPSA) is 110 Å². The Labute approximate surface area is 171 Å². The predicted molar refractivity (Wildman–Crippen MR) is 109 cm³/mol. The van der Waals surface area contributed by atoms with Crippen molar-refractivity contribution in [1.29, 1.82) is 0 Å². The summed E-state index contributed by atoms with van der Waals surface area (Å²) >= 11 is 0. The Morgan fingerprint density at radius 2 is 1.86 bits per heavy atom. The second kappa shape index (κ2) is 11.9. The van der Waals surface area contributed by atoms with E-state index in [1.54, 1.807) is 26.4 Å². The van der Waals surface area contributed by atoms with Crippen LogP contribution in [0.2, 0.25) is 0 Å². The first-order valence-electron chi connectivity index (χ1n) is 9.49. The van der Waals surface area contributed by atoms with Crippen LogP contribution in [-0.4, -0.2) is 61.4 Å². The van der Waals surface area contributed by atoms with Gasteiger partial charge >= 0.3 is 0 Å². The monoisotopic (exact) mass is 403 g/mol.